The highest BCUT2D eigenvalue weighted by Gasteiger charge is 2.38. The fourth-order valence-electron chi connectivity index (χ4n) is 5.25. The first-order chi connectivity index (χ1) is 17.5. The number of pyridine rings is 1. The Bertz CT molecular complexity index is 1360. The Kier molecular flexibility index (Phi) is 6.81. The topological polar surface area (TPSA) is 71.1 Å². The molecule has 5 heteroatoms. The lowest BCUT2D eigenvalue weighted by Gasteiger charge is -2.30. The van der Waals surface area contributed by atoms with Crippen LogP contribution in [0.5, 0.6) is 0 Å². The molecule has 2 N–H and O–H groups in total. The summed E-state index contributed by atoms with van der Waals surface area (Å²) < 4.78 is 0. The van der Waals surface area contributed by atoms with Gasteiger partial charge in [0.15, 0.2) is 0 Å². The molecule has 36 heavy (non-hydrogen) atoms. The summed E-state index contributed by atoms with van der Waals surface area (Å²) in [6.07, 6.45) is 6.34. The van der Waals surface area contributed by atoms with Crippen molar-refractivity contribution in [1.82, 2.24) is 15.6 Å². The lowest BCUT2D eigenvalue weighted by molar-refractivity contribution is -0.123. The van der Waals surface area contributed by atoms with Gasteiger partial charge < -0.3 is 10.6 Å². The van der Waals surface area contributed by atoms with Crippen LogP contribution in [0, 0.1) is 6.92 Å². The van der Waals surface area contributed by atoms with Crippen LogP contribution in [0.1, 0.15) is 54.0 Å². The van der Waals surface area contributed by atoms with Crippen LogP contribution >= 0.6 is 0 Å². The molecular weight excluding hydrogens is 446 g/mol. The van der Waals surface area contributed by atoms with Crippen molar-refractivity contribution in [2.75, 3.05) is 0 Å². The average Bonchev–Trinajstić information content (AvgIpc) is 3.28. The zero-order chi connectivity index (χ0) is 25.0. The monoisotopic (exact) mass is 477 g/mol. The molecule has 2 atom stereocenters. The predicted octanol–water partition coefficient (Wildman–Crippen LogP) is 5.42. The van der Waals surface area contributed by atoms with E-state index in [-0.39, 0.29) is 17.9 Å². The summed E-state index contributed by atoms with van der Waals surface area (Å²) in [4.78, 5) is 29.7. The molecule has 0 unspecified atom stereocenters. The maximum atomic E-state index is 13.3. The lowest BCUT2D eigenvalue weighted by Crippen LogP contribution is -2.44. The molecule has 3 aromatic carbocycles. The van der Waals surface area contributed by atoms with E-state index in [2.05, 4.69) is 77.1 Å². The third kappa shape index (κ3) is 5.30. The first-order valence-corrected chi connectivity index (χ1v) is 12.5. The van der Waals surface area contributed by atoms with Crippen LogP contribution in [0.15, 0.2) is 91.3 Å². The van der Waals surface area contributed by atoms with Gasteiger partial charge in [-0.25, -0.2) is 0 Å². The normalized spacial score (nSPS) is 18.1. The summed E-state index contributed by atoms with van der Waals surface area (Å²) in [5.41, 5.74) is 3.96. The van der Waals surface area contributed by atoms with Crippen molar-refractivity contribution in [1.29, 1.82) is 0 Å². The largest absolute Gasteiger partial charge is 0.350 e. The van der Waals surface area contributed by atoms with E-state index < -0.39 is 5.54 Å². The third-order valence-corrected chi connectivity index (χ3v) is 7.23. The number of carbonyl (C=O) groups excluding carboxylic acids is 2. The summed E-state index contributed by atoms with van der Waals surface area (Å²) >= 11 is 0. The van der Waals surface area contributed by atoms with Crippen LogP contribution in [0.3, 0.4) is 0 Å². The van der Waals surface area contributed by atoms with Crippen LogP contribution in [0.4, 0.5) is 0 Å². The van der Waals surface area contributed by atoms with Gasteiger partial charge in [0.1, 0.15) is 0 Å². The summed E-state index contributed by atoms with van der Waals surface area (Å²) in [6.45, 7) is 2.05. The highest BCUT2D eigenvalue weighted by Crippen LogP contribution is 2.32. The molecule has 1 aliphatic rings. The minimum Gasteiger partial charge on any atom is -0.350 e. The number of fused-ring (bicyclic) bond motifs is 1. The molecule has 5 nitrogen and oxygen atoms in total. The molecule has 0 spiro atoms. The molecule has 1 saturated heterocycles. The number of aromatic nitrogens is 1. The van der Waals surface area contributed by atoms with Gasteiger partial charge >= 0.3 is 0 Å². The maximum absolute atomic E-state index is 13.3. The van der Waals surface area contributed by atoms with Crippen molar-refractivity contribution in [3.63, 3.8) is 0 Å². The first-order valence-electron chi connectivity index (χ1n) is 12.5. The summed E-state index contributed by atoms with van der Waals surface area (Å²) in [7, 11) is 0. The number of aryl methyl sites for hydroxylation is 1. The van der Waals surface area contributed by atoms with Crippen LogP contribution in [0.2, 0.25) is 0 Å². The van der Waals surface area contributed by atoms with Gasteiger partial charge in [-0.05, 0) is 65.8 Å². The van der Waals surface area contributed by atoms with Crippen molar-refractivity contribution in [2.24, 2.45) is 0 Å². The second kappa shape index (κ2) is 10.3. The van der Waals surface area contributed by atoms with Crippen LogP contribution in [-0.4, -0.2) is 22.3 Å². The van der Waals surface area contributed by atoms with E-state index in [1.54, 1.807) is 12.4 Å². The molecule has 1 aromatic heterocycles. The Balaban J connectivity index is 1.34. The second-order valence-electron chi connectivity index (χ2n) is 9.84. The molecule has 5 rings (SSSR count). The van der Waals surface area contributed by atoms with Crippen LogP contribution in [-0.2, 0) is 16.0 Å². The van der Waals surface area contributed by atoms with Crippen molar-refractivity contribution < 1.29 is 9.59 Å². The molecule has 0 aliphatic carbocycles. The van der Waals surface area contributed by atoms with Crippen molar-refractivity contribution in [3.8, 4) is 0 Å². The zero-order valence-corrected chi connectivity index (χ0v) is 20.5. The average molecular weight is 478 g/mol. The molecule has 0 saturated carbocycles. The van der Waals surface area contributed by atoms with E-state index in [0.29, 0.717) is 25.7 Å². The zero-order valence-electron chi connectivity index (χ0n) is 20.5. The lowest BCUT2D eigenvalue weighted by atomic mass is 9.83. The smallest absolute Gasteiger partial charge is 0.220 e. The number of nitrogens with one attached hydrogen (secondary N) is 2. The fraction of sp³-hybridized carbons (Fsp3) is 0.258. The number of nitrogens with zero attached hydrogens (tertiary/aromatic N) is 1. The van der Waals surface area contributed by atoms with Crippen molar-refractivity contribution >= 4 is 22.6 Å². The van der Waals surface area contributed by atoms with Gasteiger partial charge in [0.2, 0.25) is 11.8 Å². The summed E-state index contributed by atoms with van der Waals surface area (Å²) in [5.74, 6) is 0.0285. The molecular formula is C31H31N3O2. The van der Waals surface area contributed by atoms with E-state index in [4.69, 9.17) is 0 Å². The minimum atomic E-state index is -0.422. The fourth-order valence-corrected chi connectivity index (χ4v) is 5.25. The molecule has 0 radical (unpaired) electrons. The van der Waals surface area contributed by atoms with Crippen LogP contribution in [0.25, 0.3) is 10.8 Å². The quantitative estimate of drug-likeness (QED) is 0.356. The van der Waals surface area contributed by atoms with Crippen LogP contribution < -0.4 is 10.6 Å². The van der Waals surface area contributed by atoms with Gasteiger partial charge in [0, 0.05) is 30.8 Å². The van der Waals surface area contributed by atoms with Crippen molar-refractivity contribution in [2.45, 2.75) is 50.6 Å². The summed E-state index contributed by atoms with van der Waals surface area (Å²) in [5, 5.41) is 8.85. The molecule has 2 heterocycles. The number of carbonyl (C=O) groups is 2. The molecule has 1 fully saturated rings. The number of hydrogen-bond acceptors (Lipinski definition) is 3. The maximum Gasteiger partial charge on any atom is 0.220 e. The van der Waals surface area contributed by atoms with E-state index >= 15 is 0 Å². The van der Waals surface area contributed by atoms with E-state index in [1.807, 2.05) is 24.3 Å². The van der Waals surface area contributed by atoms with E-state index in [1.165, 1.54) is 21.9 Å². The highest BCUT2D eigenvalue weighted by atomic mass is 16.2. The summed E-state index contributed by atoms with van der Waals surface area (Å²) in [6, 6.07) is 26.5. The van der Waals surface area contributed by atoms with E-state index in [9.17, 15) is 9.59 Å². The van der Waals surface area contributed by atoms with E-state index in [0.717, 1.165) is 17.5 Å². The molecule has 182 valence electrons. The Morgan fingerprint density at radius 2 is 1.69 bits per heavy atom. The minimum absolute atomic E-state index is 0.0316. The van der Waals surface area contributed by atoms with Gasteiger partial charge in [-0.3, -0.25) is 14.6 Å². The molecule has 4 aromatic rings. The van der Waals surface area contributed by atoms with Gasteiger partial charge in [-0.1, -0.05) is 72.3 Å². The Hall–Kier alpha value is -3.99. The number of benzene rings is 3. The predicted molar refractivity (Wildman–Crippen MR) is 142 cm³/mol. The number of amides is 2. The van der Waals surface area contributed by atoms with Gasteiger partial charge in [-0.2, -0.15) is 0 Å². The first kappa shape index (κ1) is 23.7. The standard InChI is InChI=1S/C31H31N3O2/c1-22-9-11-24(12-10-22)30(25-15-19-32-20-16-25)33-28(35)13-17-31(18-14-29(36)34-31)21-26-7-4-6-23-5-2-3-8-27(23)26/h2-12,15-16,19-20,30H,13-14,17-18,21H2,1H3,(H,33,35)(H,34,36)/t30-,31-/m1/s1. The Morgan fingerprint density at radius 1 is 0.972 bits per heavy atom. The van der Waals surface area contributed by atoms with Gasteiger partial charge in [-0.15, -0.1) is 0 Å². The van der Waals surface area contributed by atoms with Gasteiger partial charge in [0.25, 0.3) is 0 Å². The van der Waals surface area contributed by atoms with Crippen molar-refractivity contribution in [3.05, 3.63) is 114 Å². The Labute approximate surface area is 212 Å². The number of hydrogen-bond donors (Lipinski definition) is 2. The van der Waals surface area contributed by atoms with Gasteiger partial charge in [0.05, 0.1) is 6.04 Å². The Morgan fingerprint density at radius 3 is 2.44 bits per heavy atom. The molecule has 2 amide bonds. The third-order valence-electron chi connectivity index (χ3n) is 7.23. The number of rotatable bonds is 8. The SMILES string of the molecule is Cc1ccc([C@@H](NC(=O)CC[C@]2(Cc3cccc4ccccc34)CCC(=O)N2)c2ccncc2)cc1. The highest BCUT2D eigenvalue weighted by molar-refractivity contribution is 5.86. The second-order valence-corrected chi connectivity index (χ2v) is 9.84. The molecule has 1 aliphatic heterocycles. The molecule has 0 bridgehead atoms.